The number of para-hydroxylation sites is 1. The van der Waals surface area contributed by atoms with Gasteiger partial charge in [0.1, 0.15) is 0 Å². The van der Waals surface area contributed by atoms with Gasteiger partial charge < -0.3 is 0 Å². The minimum atomic E-state index is -0.556. The maximum atomic E-state index is 11.3. The van der Waals surface area contributed by atoms with Crippen molar-refractivity contribution in [1.82, 2.24) is 15.3 Å². The first-order valence-electron chi connectivity index (χ1n) is 4.78. The van der Waals surface area contributed by atoms with Crippen molar-refractivity contribution in [2.45, 2.75) is 6.92 Å². The number of benzene rings is 1. The third-order valence-electron chi connectivity index (χ3n) is 2.36. The lowest BCUT2D eigenvalue weighted by Crippen LogP contribution is -2.19. The van der Waals surface area contributed by atoms with Crippen LogP contribution in [-0.2, 0) is 0 Å². The molecule has 1 aromatic heterocycles. The molecule has 1 heterocycles. The van der Waals surface area contributed by atoms with Crippen molar-refractivity contribution < 1.29 is 10.0 Å². The van der Waals surface area contributed by atoms with Crippen molar-refractivity contribution in [3.05, 3.63) is 47.8 Å². The molecule has 0 unspecified atom stereocenters. The molecule has 1 aromatic carbocycles. The Kier molecular flexibility index (Phi) is 2.70. The van der Waals surface area contributed by atoms with Crippen LogP contribution in [0.25, 0.3) is 5.69 Å². The second-order valence-electron chi connectivity index (χ2n) is 3.33. The second-order valence-corrected chi connectivity index (χ2v) is 3.33. The number of carbonyl (C=O) groups is 1. The van der Waals surface area contributed by atoms with Crippen LogP contribution in [0.5, 0.6) is 0 Å². The molecule has 1 amide bonds. The van der Waals surface area contributed by atoms with Gasteiger partial charge in [-0.2, -0.15) is 5.10 Å². The van der Waals surface area contributed by atoms with Crippen molar-refractivity contribution in [2.24, 2.45) is 0 Å². The van der Waals surface area contributed by atoms with Gasteiger partial charge in [0.05, 0.1) is 23.1 Å². The number of nitrogens with zero attached hydrogens (tertiary/aromatic N) is 2. The van der Waals surface area contributed by atoms with Gasteiger partial charge in [-0.3, -0.25) is 10.0 Å². The molecule has 0 saturated heterocycles. The minimum Gasteiger partial charge on any atom is -0.288 e. The van der Waals surface area contributed by atoms with E-state index in [-0.39, 0.29) is 0 Å². The molecular weight excluding hydrogens is 206 g/mol. The van der Waals surface area contributed by atoms with Crippen LogP contribution in [0.15, 0.2) is 36.5 Å². The SMILES string of the molecule is Cc1c(C(=O)NO)cnn1-c1ccccc1. The van der Waals surface area contributed by atoms with E-state index in [1.165, 1.54) is 6.20 Å². The maximum Gasteiger partial charge on any atom is 0.278 e. The number of hydroxylamine groups is 1. The first-order chi connectivity index (χ1) is 7.74. The molecular formula is C11H11N3O2. The Labute approximate surface area is 92.3 Å². The Hall–Kier alpha value is -2.14. The molecule has 0 bridgehead atoms. The summed E-state index contributed by atoms with van der Waals surface area (Å²) >= 11 is 0. The lowest BCUT2D eigenvalue weighted by molar-refractivity contribution is 0.0705. The maximum absolute atomic E-state index is 11.3. The number of carbonyl (C=O) groups excluding carboxylic acids is 1. The predicted molar refractivity (Wildman–Crippen MR) is 57.6 cm³/mol. The average Bonchev–Trinajstić information content (AvgIpc) is 2.71. The fourth-order valence-corrected chi connectivity index (χ4v) is 1.52. The molecule has 82 valence electrons. The Morgan fingerprint density at radius 2 is 2.06 bits per heavy atom. The van der Waals surface area contributed by atoms with Crippen molar-refractivity contribution >= 4 is 5.91 Å². The van der Waals surface area contributed by atoms with Gasteiger partial charge in [-0.15, -0.1) is 0 Å². The third kappa shape index (κ3) is 1.68. The molecule has 0 saturated carbocycles. The molecule has 0 aliphatic rings. The Bertz CT molecular complexity index is 505. The summed E-state index contributed by atoms with van der Waals surface area (Å²) in [6.07, 6.45) is 1.42. The molecule has 0 atom stereocenters. The van der Waals surface area contributed by atoms with Crippen LogP contribution >= 0.6 is 0 Å². The highest BCUT2D eigenvalue weighted by Crippen LogP contribution is 2.13. The van der Waals surface area contributed by atoms with E-state index in [2.05, 4.69) is 5.10 Å². The average molecular weight is 217 g/mol. The summed E-state index contributed by atoms with van der Waals surface area (Å²) in [5, 5.41) is 12.7. The molecule has 0 aliphatic heterocycles. The molecule has 0 aliphatic carbocycles. The zero-order valence-electron chi connectivity index (χ0n) is 8.71. The number of rotatable bonds is 2. The van der Waals surface area contributed by atoms with E-state index in [1.807, 2.05) is 30.3 Å². The van der Waals surface area contributed by atoms with E-state index < -0.39 is 5.91 Å². The van der Waals surface area contributed by atoms with Crippen LogP contribution in [-0.4, -0.2) is 20.9 Å². The molecule has 2 N–H and O–H groups in total. The van der Waals surface area contributed by atoms with Crippen molar-refractivity contribution in [1.29, 1.82) is 0 Å². The molecule has 0 radical (unpaired) electrons. The van der Waals surface area contributed by atoms with Gasteiger partial charge in [0.25, 0.3) is 5.91 Å². The van der Waals surface area contributed by atoms with Gasteiger partial charge in [0.2, 0.25) is 0 Å². The van der Waals surface area contributed by atoms with Gasteiger partial charge in [-0.1, -0.05) is 18.2 Å². The van der Waals surface area contributed by atoms with Gasteiger partial charge in [0, 0.05) is 0 Å². The number of amides is 1. The smallest absolute Gasteiger partial charge is 0.278 e. The number of hydrogen-bond donors (Lipinski definition) is 2. The van der Waals surface area contributed by atoms with E-state index >= 15 is 0 Å². The number of nitrogens with one attached hydrogen (secondary N) is 1. The topological polar surface area (TPSA) is 67.2 Å². The highest BCUT2D eigenvalue weighted by molar-refractivity contribution is 5.94. The normalized spacial score (nSPS) is 10.1. The largest absolute Gasteiger partial charge is 0.288 e. The van der Waals surface area contributed by atoms with Gasteiger partial charge in [-0.25, -0.2) is 10.2 Å². The zero-order valence-corrected chi connectivity index (χ0v) is 8.71. The monoisotopic (exact) mass is 217 g/mol. The number of hydrogen-bond acceptors (Lipinski definition) is 3. The Morgan fingerprint density at radius 3 is 2.69 bits per heavy atom. The Balaban J connectivity index is 2.45. The van der Waals surface area contributed by atoms with Gasteiger partial charge in [0.15, 0.2) is 0 Å². The summed E-state index contributed by atoms with van der Waals surface area (Å²) < 4.78 is 1.64. The summed E-state index contributed by atoms with van der Waals surface area (Å²) in [5.74, 6) is -0.556. The fourth-order valence-electron chi connectivity index (χ4n) is 1.52. The van der Waals surface area contributed by atoms with E-state index in [4.69, 9.17) is 5.21 Å². The van der Waals surface area contributed by atoms with E-state index in [9.17, 15) is 4.79 Å². The number of aromatic nitrogens is 2. The minimum absolute atomic E-state index is 0.353. The molecule has 5 heteroatoms. The van der Waals surface area contributed by atoms with Crippen LogP contribution < -0.4 is 5.48 Å². The van der Waals surface area contributed by atoms with Crippen molar-refractivity contribution in [2.75, 3.05) is 0 Å². The summed E-state index contributed by atoms with van der Waals surface area (Å²) in [6.45, 7) is 1.77. The van der Waals surface area contributed by atoms with Crippen molar-refractivity contribution in [3.8, 4) is 5.69 Å². The summed E-state index contributed by atoms with van der Waals surface area (Å²) in [5.41, 5.74) is 3.50. The van der Waals surface area contributed by atoms with Crippen LogP contribution in [0.2, 0.25) is 0 Å². The lowest BCUT2D eigenvalue weighted by atomic mass is 10.2. The Morgan fingerprint density at radius 1 is 1.38 bits per heavy atom. The first kappa shape index (κ1) is 10.4. The van der Waals surface area contributed by atoms with E-state index in [0.717, 1.165) is 5.69 Å². The van der Waals surface area contributed by atoms with Crippen LogP contribution in [0.3, 0.4) is 0 Å². The summed E-state index contributed by atoms with van der Waals surface area (Å²) in [4.78, 5) is 11.3. The fraction of sp³-hybridized carbons (Fsp3) is 0.0909. The summed E-state index contributed by atoms with van der Waals surface area (Å²) in [7, 11) is 0. The zero-order chi connectivity index (χ0) is 11.5. The van der Waals surface area contributed by atoms with Crippen LogP contribution in [0.4, 0.5) is 0 Å². The highest BCUT2D eigenvalue weighted by atomic mass is 16.5. The highest BCUT2D eigenvalue weighted by Gasteiger charge is 2.13. The first-order valence-corrected chi connectivity index (χ1v) is 4.78. The molecule has 0 spiro atoms. The molecule has 2 rings (SSSR count). The quantitative estimate of drug-likeness (QED) is 0.588. The standard InChI is InChI=1S/C11H11N3O2/c1-8-10(11(15)13-16)7-12-14(8)9-5-3-2-4-6-9/h2-7,16H,1H3,(H,13,15). The second kappa shape index (κ2) is 4.16. The molecule has 2 aromatic rings. The van der Waals surface area contributed by atoms with E-state index in [0.29, 0.717) is 11.3 Å². The van der Waals surface area contributed by atoms with Crippen LogP contribution in [0.1, 0.15) is 16.1 Å². The van der Waals surface area contributed by atoms with Gasteiger partial charge in [-0.05, 0) is 19.1 Å². The third-order valence-corrected chi connectivity index (χ3v) is 2.36. The molecule has 16 heavy (non-hydrogen) atoms. The summed E-state index contributed by atoms with van der Waals surface area (Å²) in [6, 6.07) is 9.47. The predicted octanol–water partition coefficient (Wildman–Crippen LogP) is 1.30. The van der Waals surface area contributed by atoms with Crippen LogP contribution in [0, 0.1) is 6.92 Å². The lowest BCUT2D eigenvalue weighted by Gasteiger charge is -2.04. The molecule has 5 nitrogen and oxygen atoms in total. The van der Waals surface area contributed by atoms with Crippen molar-refractivity contribution in [3.63, 3.8) is 0 Å². The van der Waals surface area contributed by atoms with Gasteiger partial charge >= 0.3 is 0 Å². The van der Waals surface area contributed by atoms with E-state index in [1.54, 1.807) is 17.1 Å². The molecule has 0 fully saturated rings.